The van der Waals surface area contributed by atoms with Gasteiger partial charge in [-0.15, -0.1) is 0 Å². The van der Waals surface area contributed by atoms with E-state index in [1.807, 2.05) is 25.7 Å². The Balaban J connectivity index is 2.07. The van der Waals surface area contributed by atoms with Crippen LogP contribution >= 0.6 is 0 Å². The van der Waals surface area contributed by atoms with Gasteiger partial charge in [-0.25, -0.2) is 0 Å². The minimum absolute atomic E-state index is 0.00134. The summed E-state index contributed by atoms with van der Waals surface area (Å²) in [4.78, 5) is 32.4. The maximum absolute atomic E-state index is 14.3. The van der Waals surface area contributed by atoms with Crippen LogP contribution < -0.4 is 14.2 Å². The number of morpholine rings is 1. The third-order valence-electron chi connectivity index (χ3n) is 7.29. The van der Waals surface area contributed by atoms with Crippen molar-refractivity contribution in [3.63, 3.8) is 0 Å². The quantitative estimate of drug-likeness (QED) is 0.167. The van der Waals surface area contributed by atoms with E-state index in [1.165, 1.54) is 0 Å². The average molecular weight is 609 g/mol. The fourth-order valence-corrected chi connectivity index (χ4v) is 5.11. The molecule has 1 amide bonds. The first kappa shape index (κ1) is 34.8. The van der Waals surface area contributed by atoms with Crippen molar-refractivity contribution >= 4 is 11.7 Å². The second kappa shape index (κ2) is 18.2. The molecule has 1 fully saturated rings. The molecule has 2 aromatic rings. The van der Waals surface area contributed by atoms with Crippen LogP contribution in [0, 0.1) is 0 Å². The maximum atomic E-state index is 14.3. The molecule has 0 aromatic heterocycles. The van der Waals surface area contributed by atoms with E-state index in [2.05, 4.69) is 18.1 Å². The van der Waals surface area contributed by atoms with Crippen molar-refractivity contribution in [2.45, 2.75) is 39.7 Å². The first-order valence-electron chi connectivity index (χ1n) is 15.4. The molecule has 0 spiro atoms. The highest BCUT2D eigenvalue weighted by molar-refractivity contribution is 6.12. The second-order valence-corrected chi connectivity index (χ2v) is 10.8. The Hall–Kier alpha value is -3.66. The predicted molar refractivity (Wildman–Crippen MR) is 172 cm³/mol. The molecule has 0 unspecified atom stereocenters. The van der Waals surface area contributed by atoms with Crippen LogP contribution in [0.15, 0.2) is 55.6 Å². The Bertz CT molecular complexity index is 1240. The van der Waals surface area contributed by atoms with Crippen LogP contribution in [0.25, 0.3) is 0 Å². The second-order valence-electron chi connectivity index (χ2n) is 10.8. The molecule has 3 rings (SSSR count). The van der Waals surface area contributed by atoms with E-state index in [1.54, 1.807) is 49.6 Å². The van der Waals surface area contributed by atoms with Crippen molar-refractivity contribution < 1.29 is 33.3 Å². The van der Waals surface area contributed by atoms with Crippen molar-refractivity contribution in [2.24, 2.45) is 0 Å². The Kier molecular flexibility index (Phi) is 14.4. The maximum Gasteiger partial charge on any atom is 0.227 e. The summed E-state index contributed by atoms with van der Waals surface area (Å²) in [6.45, 7) is 19.0. The van der Waals surface area contributed by atoms with Gasteiger partial charge in [-0.2, -0.15) is 0 Å². The molecule has 0 bridgehead atoms. The van der Waals surface area contributed by atoms with Crippen LogP contribution in [0.1, 0.15) is 47.8 Å². The molecule has 2 aromatic carbocycles. The number of benzene rings is 2. The van der Waals surface area contributed by atoms with Crippen molar-refractivity contribution in [3.8, 4) is 17.2 Å². The lowest BCUT2D eigenvalue weighted by Gasteiger charge is -2.30. The number of amides is 1. The number of methoxy groups -OCH3 is 1. The van der Waals surface area contributed by atoms with Gasteiger partial charge in [0.2, 0.25) is 5.91 Å². The molecule has 1 aliphatic heterocycles. The first-order valence-corrected chi connectivity index (χ1v) is 15.4. The number of carbonyl (C=O) groups is 2. The van der Waals surface area contributed by atoms with E-state index in [0.29, 0.717) is 73.3 Å². The van der Waals surface area contributed by atoms with E-state index < -0.39 is 0 Å². The van der Waals surface area contributed by atoms with E-state index in [0.717, 1.165) is 25.2 Å². The van der Waals surface area contributed by atoms with Gasteiger partial charge < -0.3 is 28.6 Å². The van der Waals surface area contributed by atoms with Gasteiger partial charge in [0, 0.05) is 51.5 Å². The molecule has 1 saturated heterocycles. The number of hydrogen-bond donors (Lipinski definition) is 0. The summed E-state index contributed by atoms with van der Waals surface area (Å²) in [5, 5.41) is 0. The molecule has 0 saturated carbocycles. The van der Waals surface area contributed by atoms with Crippen molar-refractivity contribution in [3.05, 3.63) is 77.9 Å². The molecule has 0 aliphatic carbocycles. The van der Waals surface area contributed by atoms with Gasteiger partial charge in [0.1, 0.15) is 30.5 Å². The molecule has 9 heteroatoms. The van der Waals surface area contributed by atoms with Crippen LogP contribution in [0.4, 0.5) is 0 Å². The SMILES string of the molecule is C=CCOc1cc(OCC=C)c(C(=O)c2ccc(OC(C)C)cc2)c(CC(=O)N(CCOC)CCN2CCOCC2)c1CC. The number of carbonyl (C=O) groups excluding carboxylic acids is 2. The molecular weight excluding hydrogens is 560 g/mol. The molecule has 1 aliphatic rings. The van der Waals surface area contributed by atoms with Crippen molar-refractivity contribution in [2.75, 3.05) is 72.9 Å². The van der Waals surface area contributed by atoms with Gasteiger partial charge in [-0.1, -0.05) is 32.2 Å². The van der Waals surface area contributed by atoms with Crippen LogP contribution in [-0.4, -0.2) is 100 Å². The van der Waals surface area contributed by atoms with E-state index in [-0.39, 0.29) is 37.4 Å². The summed E-state index contributed by atoms with van der Waals surface area (Å²) in [5.74, 6) is 1.23. The fourth-order valence-electron chi connectivity index (χ4n) is 5.11. The summed E-state index contributed by atoms with van der Waals surface area (Å²) in [6.07, 6.45) is 3.83. The monoisotopic (exact) mass is 608 g/mol. The van der Waals surface area contributed by atoms with E-state index in [4.69, 9.17) is 23.7 Å². The third kappa shape index (κ3) is 9.94. The van der Waals surface area contributed by atoms with Gasteiger partial charge >= 0.3 is 0 Å². The topological polar surface area (TPSA) is 86.8 Å². The molecule has 0 N–H and O–H groups in total. The minimum Gasteiger partial charge on any atom is -0.491 e. The number of ketones is 1. The lowest BCUT2D eigenvalue weighted by Crippen LogP contribution is -2.44. The summed E-state index contributed by atoms with van der Waals surface area (Å²) in [5.41, 5.74) is 2.19. The number of rotatable bonds is 19. The molecule has 44 heavy (non-hydrogen) atoms. The fraction of sp³-hybridized carbons (Fsp3) is 0.486. The van der Waals surface area contributed by atoms with Crippen molar-refractivity contribution in [1.29, 1.82) is 0 Å². The summed E-state index contributed by atoms with van der Waals surface area (Å²) in [7, 11) is 1.62. The molecular formula is C35H48N2O7. The minimum atomic E-state index is -0.246. The molecule has 0 atom stereocenters. The summed E-state index contributed by atoms with van der Waals surface area (Å²) < 4.78 is 28.7. The van der Waals surface area contributed by atoms with E-state index in [9.17, 15) is 9.59 Å². The highest BCUT2D eigenvalue weighted by Crippen LogP contribution is 2.37. The lowest BCUT2D eigenvalue weighted by molar-refractivity contribution is -0.131. The highest BCUT2D eigenvalue weighted by atomic mass is 16.5. The number of ether oxygens (including phenoxy) is 5. The van der Waals surface area contributed by atoms with Gasteiger partial charge in [0.25, 0.3) is 0 Å². The first-order chi connectivity index (χ1) is 21.3. The number of hydrogen-bond acceptors (Lipinski definition) is 8. The van der Waals surface area contributed by atoms with Gasteiger partial charge in [-0.05, 0) is 55.7 Å². The molecule has 0 radical (unpaired) electrons. The zero-order valence-electron chi connectivity index (χ0n) is 26.8. The standard InChI is InChI=1S/C35H48N2O7/c1-7-19-42-31-25-32(43-20-8-2)34(35(39)27-10-12-28(13-11-27)44-26(4)5)30(29(31)9-3)24-33(38)37(18-21-40-6)15-14-36-16-22-41-23-17-36/h7-8,10-13,25-26H,1-2,9,14-24H2,3-6H3. The van der Waals surface area contributed by atoms with Gasteiger partial charge in [0.05, 0.1) is 37.9 Å². The predicted octanol–water partition coefficient (Wildman–Crippen LogP) is 4.75. The Morgan fingerprint density at radius 1 is 1.00 bits per heavy atom. The molecule has 240 valence electrons. The molecule has 1 heterocycles. The van der Waals surface area contributed by atoms with Crippen LogP contribution in [0.2, 0.25) is 0 Å². The van der Waals surface area contributed by atoms with Crippen LogP contribution in [0.5, 0.6) is 17.2 Å². The average Bonchev–Trinajstić information content (AvgIpc) is 3.02. The van der Waals surface area contributed by atoms with Gasteiger partial charge in [-0.3, -0.25) is 14.5 Å². The van der Waals surface area contributed by atoms with Crippen LogP contribution in [0.3, 0.4) is 0 Å². The summed E-state index contributed by atoms with van der Waals surface area (Å²) >= 11 is 0. The Labute approximate surface area is 262 Å². The Morgan fingerprint density at radius 2 is 1.66 bits per heavy atom. The smallest absolute Gasteiger partial charge is 0.227 e. The Morgan fingerprint density at radius 3 is 2.25 bits per heavy atom. The number of nitrogens with zero attached hydrogens (tertiary/aromatic N) is 2. The van der Waals surface area contributed by atoms with E-state index >= 15 is 0 Å². The third-order valence-corrected chi connectivity index (χ3v) is 7.29. The van der Waals surface area contributed by atoms with Crippen molar-refractivity contribution in [1.82, 2.24) is 9.80 Å². The zero-order valence-corrected chi connectivity index (χ0v) is 26.8. The lowest BCUT2D eigenvalue weighted by atomic mass is 9.89. The van der Waals surface area contributed by atoms with Crippen LogP contribution in [-0.2, 0) is 27.1 Å². The summed E-state index contributed by atoms with van der Waals surface area (Å²) in [6, 6.07) is 8.78. The largest absolute Gasteiger partial charge is 0.491 e. The molecule has 9 nitrogen and oxygen atoms in total. The zero-order chi connectivity index (χ0) is 31.9. The van der Waals surface area contributed by atoms with Gasteiger partial charge in [0.15, 0.2) is 5.78 Å². The normalized spacial score (nSPS) is 13.4. The highest BCUT2D eigenvalue weighted by Gasteiger charge is 2.28.